The van der Waals surface area contributed by atoms with Crippen molar-refractivity contribution < 1.29 is 4.79 Å². The summed E-state index contributed by atoms with van der Waals surface area (Å²) in [4.78, 5) is 23.3. The summed E-state index contributed by atoms with van der Waals surface area (Å²) in [5.74, 6) is 0.295. The average molecular weight is 355 g/mol. The molecule has 1 atom stereocenters. The van der Waals surface area contributed by atoms with Gasteiger partial charge in [0.05, 0.1) is 17.2 Å². The highest BCUT2D eigenvalue weighted by molar-refractivity contribution is 6.07. The number of carbonyl (C=O) groups excluding carboxylic acids is 1. The van der Waals surface area contributed by atoms with Gasteiger partial charge in [-0.3, -0.25) is 4.79 Å². The van der Waals surface area contributed by atoms with Crippen LogP contribution in [0.25, 0.3) is 0 Å². The fourth-order valence-electron chi connectivity index (χ4n) is 3.27. The van der Waals surface area contributed by atoms with E-state index in [1.807, 2.05) is 30.0 Å². The molecule has 0 saturated carbocycles. The van der Waals surface area contributed by atoms with Gasteiger partial charge >= 0.3 is 0 Å². The molecule has 2 aromatic carbocycles. The Morgan fingerprint density at radius 2 is 1.85 bits per heavy atom. The van der Waals surface area contributed by atoms with E-state index in [9.17, 15) is 4.79 Å². The molecule has 4 rings (SSSR count). The van der Waals surface area contributed by atoms with Gasteiger partial charge in [0.15, 0.2) is 0 Å². The van der Waals surface area contributed by atoms with E-state index in [0.29, 0.717) is 17.1 Å². The first-order valence-electron chi connectivity index (χ1n) is 8.66. The van der Waals surface area contributed by atoms with Gasteiger partial charge in [-0.15, -0.1) is 0 Å². The second-order valence-electron chi connectivity index (χ2n) is 6.47. The van der Waals surface area contributed by atoms with Crippen molar-refractivity contribution in [3.05, 3.63) is 77.6 Å². The number of para-hydroxylation sites is 1. The second-order valence-corrected chi connectivity index (χ2v) is 6.47. The van der Waals surface area contributed by atoms with Crippen LogP contribution in [-0.2, 0) is 6.42 Å². The van der Waals surface area contributed by atoms with Crippen LogP contribution in [0.1, 0.15) is 28.4 Å². The summed E-state index contributed by atoms with van der Waals surface area (Å²) in [6.07, 6.45) is 3.92. The Morgan fingerprint density at radius 3 is 2.56 bits per heavy atom. The van der Waals surface area contributed by atoms with Crippen molar-refractivity contribution in [2.75, 3.05) is 10.2 Å². The lowest BCUT2D eigenvalue weighted by atomic mass is 10.1. The van der Waals surface area contributed by atoms with Gasteiger partial charge < -0.3 is 10.2 Å². The van der Waals surface area contributed by atoms with E-state index in [2.05, 4.69) is 27.4 Å². The fraction of sp³-hybridized carbons (Fsp3) is 0.143. The first kappa shape index (κ1) is 16.7. The number of carbonyl (C=O) groups is 1. The van der Waals surface area contributed by atoms with E-state index in [1.54, 1.807) is 24.3 Å². The molecule has 132 valence electrons. The minimum absolute atomic E-state index is 0.0997. The van der Waals surface area contributed by atoms with E-state index in [4.69, 9.17) is 5.26 Å². The molecule has 0 fully saturated rings. The van der Waals surface area contributed by atoms with Gasteiger partial charge in [-0.05, 0) is 49.2 Å². The molecule has 0 saturated heterocycles. The van der Waals surface area contributed by atoms with Crippen LogP contribution in [0.4, 0.5) is 17.3 Å². The van der Waals surface area contributed by atoms with Crippen molar-refractivity contribution in [2.45, 2.75) is 19.4 Å². The van der Waals surface area contributed by atoms with Crippen LogP contribution in [0.5, 0.6) is 0 Å². The number of nitriles is 1. The van der Waals surface area contributed by atoms with Gasteiger partial charge in [0.1, 0.15) is 0 Å². The summed E-state index contributed by atoms with van der Waals surface area (Å²) in [7, 11) is 0. The zero-order valence-corrected chi connectivity index (χ0v) is 14.8. The third-order valence-corrected chi connectivity index (χ3v) is 4.59. The molecule has 6 heteroatoms. The molecule has 0 aliphatic carbocycles. The summed E-state index contributed by atoms with van der Waals surface area (Å²) >= 11 is 0. The number of rotatable bonds is 3. The lowest BCUT2D eigenvalue weighted by Gasteiger charge is -2.22. The number of anilines is 3. The van der Waals surface area contributed by atoms with Gasteiger partial charge in [0, 0.05) is 29.8 Å². The van der Waals surface area contributed by atoms with Crippen molar-refractivity contribution in [1.82, 2.24) is 9.97 Å². The molecule has 27 heavy (non-hydrogen) atoms. The zero-order chi connectivity index (χ0) is 18.8. The lowest BCUT2D eigenvalue weighted by Crippen LogP contribution is -2.35. The van der Waals surface area contributed by atoms with Crippen molar-refractivity contribution in [1.29, 1.82) is 5.26 Å². The van der Waals surface area contributed by atoms with E-state index in [-0.39, 0.29) is 11.9 Å². The number of nitrogens with zero attached hydrogens (tertiary/aromatic N) is 4. The van der Waals surface area contributed by atoms with Gasteiger partial charge in [0.2, 0.25) is 5.95 Å². The molecule has 0 bridgehead atoms. The molecule has 0 spiro atoms. The van der Waals surface area contributed by atoms with Crippen LogP contribution in [0.2, 0.25) is 0 Å². The molecular formula is C21H17N5O. The maximum atomic E-state index is 13.0. The molecular weight excluding hydrogens is 338 g/mol. The number of amides is 1. The van der Waals surface area contributed by atoms with Gasteiger partial charge in [-0.25, -0.2) is 9.97 Å². The highest BCUT2D eigenvalue weighted by Crippen LogP contribution is 2.32. The lowest BCUT2D eigenvalue weighted by molar-refractivity contribution is 0.0981. The fourth-order valence-corrected chi connectivity index (χ4v) is 3.27. The van der Waals surface area contributed by atoms with Crippen LogP contribution >= 0.6 is 0 Å². The maximum absolute atomic E-state index is 13.0. The number of hydrogen-bond acceptors (Lipinski definition) is 5. The van der Waals surface area contributed by atoms with Crippen LogP contribution < -0.4 is 10.2 Å². The van der Waals surface area contributed by atoms with E-state index < -0.39 is 0 Å². The molecule has 3 aromatic rings. The minimum atomic E-state index is -0.0997. The van der Waals surface area contributed by atoms with Crippen LogP contribution in [0.3, 0.4) is 0 Å². The molecule has 1 N–H and O–H groups in total. The van der Waals surface area contributed by atoms with Crippen LogP contribution in [-0.4, -0.2) is 21.9 Å². The highest BCUT2D eigenvalue weighted by atomic mass is 16.2. The van der Waals surface area contributed by atoms with E-state index in [0.717, 1.165) is 17.8 Å². The Hall–Kier alpha value is -3.72. The monoisotopic (exact) mass is 355 g/mol. The van der Waals surface area contributed by atoms with E-state index in [1.165, 1.54) is 18.0 Å². The largest absolute Gasteiger partial charge is 0.324 e. The standard InChI is InChI=1S/C21H17N5O/c1-14-10-16-4-2-3-5-19(16)26(14)20(27)17-12-23-21(24-13-17)25-18-8-6-15(11-22)7-9-18/h2-9,12-14H,10H2,1H3,(H,23,24,25). The Balaban J connectivity index is 1.52. The Bertz CT molecular complexity index is 1020. The Morgan fingerprint density at radius 1 is 1.15 bits per heavy atom. The van der Waals surface area contributed by atoms with Gasteiger partial charge in [-0.2, -0.15) is 5.26 Å². The SMILES string of the molecule is CC1Cc2ccccc2N1C(=O)c1cnc(Nc2ccc(C#N)cc2)nc1. The molecule has 1 unspecified atom stereocenters. The first-order valence-corrected chi connectivity index (χ1v) is 8.66. The number of benzene rings is 2. The van der Waals surface area contributed by atoms with Gasteiger partial charge in [-0.1, -0.05) is 18.2 Å². The van der Waals surface area contributed by atoms with Gasteiger partial charge in [0.25, 0.3) is 5.91 Å². The molecule has 0 radical (unpaired) electrons. The van der Waals surface area contributed by atoms with Crippen molar-refractivity contribution in [2.24, 2.45) is 0 Å². The third-order valence-electron chi connectivity index (χ3n) is 4.59. The van der Waals surface area contributed by atoms with Crippen molar-refractivity contribution in [3.63, 3.8) is 0 Å². The highest BCUT2D eigenvalue weighted by Gasteiger charge is 2.31. The number of fused-ring (bicyclic) bond motifs is 1. The summed E-state index contributed by atoms with van der Waals surface area (Å²) in [6.45, 7) is 2.04. The molecule has 1 aromatic heterocycles. The summed E-state index contributed by atoms with van der Waals surface area (Å²) in [5, 5.41) is 11.9. The molecule has 6 nitrogen and oxygen atoms in total. The van der Waals surface area contributed by atoms with Crippen LogP contribution in [0, 0.1) is 11.3 Å². The predicted molar refractivity (Wildman–Crippen MR) is 103 cm³/mol. The third kappa shape index (κ3) is 3.23. The number of hydrogen-bond donors (Lipinski definition) is 1. The van der Waals surface area contributed by atoms with Crippen molar-refractivity contribution in [3.8, 4) is 6.07 Å². The summed E-state index contributed by atoms with van der Waals surface area (Å²) in [5.41, 5.74) is 3.94. The average Bonchev–Trinajstić information content (AvgIpc) is 3.04. The summed E-state index contributed by atoms with van der Waals surface area (Å²) < 4.78 is 0. The molecule has 2 heterocycles. The Kier molecular flexibility index (Phi) is 4.27. The smallest absolute Gasteiger partial charge is 0.261 e. The predicted octanol–water partition coefficient (Wildman–Crippen LogP) is 3.68. The maximum Gasteiger partial charge on any atom is 0.261 e. The zero-order valence-electron chi connectivity index (χ0n) is 14.8. The summed E-state index contributed by atoms with van der Waals surface area (Å²) in [6, 6.07) is 17.1. The molecule has 1 amide bonds. The number of nitrogens with one attached hydrogen (secondary N) is 1. The first-order chi connectivity index (χ1) is 13.2. The number of aromatic nitrogens is 2. The normalized spacial score (nSPS) is 15.1. The molecule has 1 aliphatic heterocycles. The molecule has 1 aliphatic rings. The second kappa shape index (κ2) is 6.89. The van der Waals surface area contributed by atoms with Crippen molar-refractivity contribution >= 4 is 23.2 Å². The quantitative estimate of drug-likeness (QED) is 0.775. The topological polar surface area (TPSA) is 81.9 Å². The van der Waals surface area contributed by atoms with E-state index >= 15 is 0 Å². The van der Waals surface area contributed by atoms with Crippen LogP contribution in [0.15, 0.2) is 60.9 Å². The minimum Gasteiger partial charge on any atom is -0.324 e. The Labute approximate surface area is 157 Å².